The van der Waals surface area contributed by atoms with E-state index in [0.29, 0.717) is 17.0 Å². The predicted molar refractivity (Wildman–Crippen MR) is 109 cm³/mol. The van der Waals surface area contributed by atoms with Gasteiger partial charge in [-0.25, -0.2) is 13.7 Å². The van der Waals surface area contributed by atoms with Crippen LogP contribution in [-0.4, -0.2) is 18.9 Å². The van der Waals surface area contributed by atoms with Crippen LogP contribution in [0.15, 0.2) is 78.5 Å². The molecule has 150 valence electrons. The highest BCUT2D eigenvalue weighted by Gasteiger charge is 2.40. The van der Waals surface area contributed by atoms with Gasteiger partial charge in [-0.15, -0.1) is 0 Å². The number of nitrogens with one attached hydrogen (secondary N) is 1. The number of anilines is 2. The first kappa shape index (κ1) is 19.3. The van der Waals surface area contributed by atoms with E-state index < -0.39 is 23.4 Å². The third-order valence-electron chi connectivity index (χ3n) is 4.62. The maximum absolute atomic E-state index is 13.7. The molecule has 0 aliphatic carbocycles. The van der Waals surface area contributed by atoms with E-state index in [4.69, 9.17) is 4.74 Å². The molecule has 1 aliphatic heterocycles. The highest BCUT2D eigenvalue weighted by atomic mass is 19.1. The number of hydrogen-bond donors (Lipinski definition) is 1. The highest BCUT2D eigenvalue weighted by Crippen LogP contribution is 2.34. The Hall–Kier alpha value is -4.00. The zero-order valence-corrected chi connectivity index (χ0v) is 15.9. The Morgan fingerprint density at radius 3 is 2.13 bits per heavy atom. The van der Waals surface area contributed by atoms with Crippen LogP contribution >= 0.6 is 0 Å². The molecular weight excluding hydrogens is 390 g/mol. The van der Waals surface area contributed by atoms with Crippen molar-refractivity contribution in [2.45, 2.75) is 0 Å². The monoisotopic (exact) mass is 406 g/mol. The molecule has 2 amide bonds. The fraction of sp³-hybridized carbons (Fsp3) is 0.0435. The van der Waals surface area contributed by atoms with Gasteiger partial charge in [-0.2, -0.15) is 0 Å². The van der Waals surface area contributed by atoms with Gasteiger partial charge in [-0.05, 0) is 54.1 Å². The molecule has 30 heavy (non-hydrogen) atoms. The largest absolute Gasteiger partial charge is 0.497 e. The zero-order chi connectivity index (χ0) is 21.3. The van der Waals surface area contributed by atoms with E-state index in [1.54, 1.807) is 30.3 Å². The van der Waals surface area contributed by atoms with Gasteiger partial charge in [0, 0.05) is 5.69 Å². The number of benzene rings is 3. The molecule has 4 rings (SSSR count). The number of amides is 2. The Balaban J connectivity index is 1.82. The molecule has 0 atom stereocenters. The summed E-state index contributed by atoms with van der Waals surface area (Å²) in [6, 6.07) is 17.3. The Morgan fingerprint density at radius 1 is 0.833 bits per heavy atom. The lowest BCUT2D eigenvalue weighted by molar-refractivity contribution is -0.120. The highest BCUT2D eigenvalue weighted by molar-refractivity contribution is 6.46. The number of halogens is 2. The number of carbonyl (C=O) groups is 2. The van der Waals surface area contributed by atoms with Gasteiger partial charge in [0.1, 0.15) is 23.1 Å². The fourth-order valence-corrected chi connectivity index (χ4v) is 3.23. The summed E-state index contributed by atoms with van der Waals surface area (Å²) in [5.41, 5.74) is 0.938. The first-order chi connectivity index (χ1) is 14.5. The van der Waals surface area contributed by atoms with Crippen molar-refractivity contribution in [2.24, 2.45) is 0 Å². The number of imide groups is 1. The molecule has 0 saturated heterocycles. The number of rotatable bonds is 5. The summed E-state index contributed by atoms with van der Waals surface area (Å²) in [6.45, 7) is 0. The van der Waals surface area contributed by atoms with Gasteiger partial charge in [-0.3, -0.25) is 9.59 Å². The van der Waals surface area contributed by atoms with Crippen molar-refractivity contribution >= 4 is 28.8 Å². The third kappa shape index (κ3) is 3.53. The van der Waals surface area contributed by atoms with Crippen molar-refractivity contribution in [3.8, 4) is 5.75 Å². The minimum Gasteiger partial charge on any atom is -0.497 e. The van der Waals surface area contributed by atoms with Crippen molar-refractivity contribution in [2.75, 3.05) is 17.3 Å². The minimum absolute atomic E-state index is 0.0278. The summed E-state index contributed by atoms with van der Waals surface area (Å²) in [4.78, 5) is 27.3. The van der Waals surface area contributed by atoms with Gasteiger partial charge < -0.3 is 10.1 Å². The lowest BCUT2D eigenvalue weighted by Gasteiger charge is -2.15. The Bertz CT molecular complexity index is 1170. The average Bonchev–Trinajstić information content (AvgIpc) is 2.97. The van der Waals surface area contributed by atoms with Crippen LogP contribution in [0.5, 0.6) is 5.75 Å². The molecular formula is C23H16F2N2O3. The molecule has 0 radical (unpaired) electrons. The Morgan fingerprint density at radius 2 is 1.50 bits per heavy atom. The van der Waals surface area contributed by atoms with Gasteiger partial charge >= 0.3 is 0 Å². The first-order valence-electron chi connectivity index (χ1n) is 9.03. The van der Waals surface area contributed by atoms with Crippen LogP contribution in [0.4, 0.5) is 20.2 Å². The summed E-state index contributed by atoms with van der Waals surface area (Å²) in [6.07, 6.45) is 0. The molecule has 1 aliphatic rings. The fourth-order valence-electron chi connectivity index (χ4n) is 3.23. The molecule has 1 N–H and O–H groups in total. The average molecular weight is 406 g/mol. The van der Waals surface area contributed by atoms with Crippen LogP contribution in [0, 0.1) is 11.6 Å². The van der Waals surface area contributed by atoms with E-state index in [1.807, 2.05) is 0 Å². The van der Waals surface area contributed by atoms with Crippen LogP contribution < -0.4 is 15.0 Å². The Kier molecular flexibility index (Phi) is 5.02. The molecule has 0 bridgehead atoms. The minimum atomic E-state index is -0.666. The van der Waals surface area contributed by atoms with Crippen LogP contribution in [0.3, 0.4) is 0 Å². The predicted octanol–water partition coefficient (Wildman–Crippen LogP) is 4.37. The number of hydrogen-bond acceptors (Lipinski definition) is 4. The molecule has 0 unspecified atom stereocenters. The van der Waals surface area contributed by atoms with Crippen molar-refractivity contribution in [1.29, 1.82) is 0 Å². The number of carbonyl (C=O) groups excluding carboxylic acids is 2. The van der Waals surface area contributed by atoms with Gasteiger partial charge in [0.25, 0.3) is 11.8 Å². The van der Waals surface area contributed by atoms with Gasteiger partial charge in [-0.1, -0.05) is 24.3 Å². The summed E-state index contributed by atoms with van der Waals surface area (Å²) in [5, 5.41) is 2.86. The van der Waals surface area contributed by atoms with Crippen LogP contribution in [0.1, 0.15) is 5.56 Å². The first-order valence-corrected chi connectivity index (χ1v) is 9.03. The van der Waals surface area contributed by atoms with Crippen molar-refractivity contribution in [1.82, 2.24) is 0 Å². The normalized spacial score (nSPS) is 13.8. The number of ether oxygens (including phenoxy) is 1. The molecule has 0 spiro atoms. The summed E-state index contributed by atoms with van der Waals surface area (Å²) < 4.78 is 32.5. The summed E-state index contributed by atoms with van der Waals surface area (Å²) >= 11 is 0. The molecule has 3 aromatic rings. The molecule has 0 fully saturated rings. The van der Waals surface area contributed by atoms with Crippen molar-refractivity contribution < 1.29 is 23.1 Å². The maximum atomic E-state index is 13.7. The van der Waals surface area contributed by atoms with E-state index in [9.17, 15) is 18.4 Å². The summed E-state index contributed by atoms with van der Waals surface area (Å²) in [5.74, 6) is -1.77. The van der Waals surface area contributed by atoms with Crippen molar-refractivity contribution in [3.05, 3.63) is 95.7 Å². The smallest absolute Gasteiger partial charge is 0.282 e. The molecule has 7 heteroatoms. The van der Waals surface area contributed by atoms with Gasteiger partial charge in [0.15, 0.2) is 0 Å². The second kappa shape index (κ2) is 7.79. The van der Waals surface area contributed by atoms with Gasteiger partial charge in [0.2, 0.25) is 0 Å². The molecule has 1 heterocycles. The second-order valence-corrected chi connectivity index (χ2v) is 6.54. The lowest BCUT2D eigenvalue weighted by atomic mass is 10.0. The quantitative estimate of drug-likeness (QED) is 0.640. The third-order valence-corrected chi connectivity index (χ3v) is 4.62. The molecule has 3 aromatic carbocycles. The molecule has 0 saturated carbocycles. The molecule has 5 nitrogen and oxygen atoms in total. The lowest BCUT2D eigenvalue weighted by Crippen LogP contribution is -2.32. The van der Waals surface area contributed by atoms with Crippen LogP contribution in [0.25, 0.3) is 5.57 Å². The Labute approximate surface area is 171 Å². The van der Waals surface area contributed by atoms with E-state index in [0.717, 1.165) is 11.0 Å². The van der Waals surface area contributed by atoms with Crippen LogP contribution in [0.2, 0.25) is 0 Å². The van der Waals surface area contributed by atoms with E-state index in [2.05, 4.69) is 5.32 Å². The van der Waals surface area contributed by atoms with E-state index in [1.165, 1.54) is 43.5 Å². The van der Waals surface area contributed by atoms with Gasteiger partial charge in [0.05, 0.1) is 18.4 Å². The standard InChI is InChI=1S/C23H16F2N2O3/c1-30-19-10-8-14(9-11-19)20-21(26-17-6-2-4-15(24)12-17)23(29)27(22(20)28)18-7-3-5-16(25)13-18/h2-13,26H,1H3. The van der Waals surface area contributed by atoms with E-state index >= 15 is 0 Å². The zero-order valence-electron chi connectivity index (χ0n) is 15.9. The van der Waals surface area contributed by atoms with Crippen LogP contribution in [-0.2, 0) is 9.59 Å². The molecule has 0 aromatic heterocycles. The van der Waals surface area contributed by atoms with Crippen molar-refractivity contribution in [3.63, 3.8) is 0 Å². The number of nitrogens with zero attached hydrogens (tertiary/aromatic N) is 1. The topological polar surface area (TPSA) is 58.6 Å². The summed E-state index contributed by atoms with van der Waals surface area (Å²) in [7, 11) is 1.52. The second-order valence-electron chi connectivity index (χ2n) is 6.54. The number of methoxy groups -OCH3 is 1. The maximum Gasteiger partial charge on any atom is 0.282 e. The van der Waals surface area contributed by atoms with E-state index in [-0.39, 0.29) is 17.0 Å². The SMILES string of the molecule is COc1ccc(C2=C(Nc3cccc(F)c3)C(=O)N(c3cccc(F)c3)C2=O)cc1.